The predicted molar refractivity (Wildman–Crippen MR) is 73.7 cm³/mol. The van der Waals surface area contributed by atoms with Crippen molar-refractivity contribution < 1.29 is 9.47 Å². The highest BCUT2D eigenvalue weighted by molar-refractivity contribution is 5.47. The van der Waals surface area contributed by atoms with Crippen LogP contribution in [0.25, 0.3) is 0 Å². The molecule has 19 heavy (non-hydrogen) atoms. The van der Waals surface area contributed by atoms with Crippen LogP contribution in [0.5, 0.6) is 11.5 Å². The van der Waals surface area contributed by atoms with Gasteiger partial charge in [0.25, 0.3) is 0 Å². The second kappa shape index (κ2) is 5.18. The second-order valence-corrected chi connectivity index (χ2v) is 4.50. The fourth-order valence-electron chi connectivity index (χ4n) is 2.05. The Morgan fingerprint density at radius 3 is 2.84 bits per heavy atom. The van der Waals surface area contributed by atoms with Crippen molar-refractivity contribution in [1.82, 2.24) is 4.98 Å². The number of ether oxygens (including phenoxy) is 2. The van der Waals surface area contributed by atoms with Gasteiger partial charge in [-0.15, -0.1) is 0 Å². The summed E-state index contributed by atoms with van der Waals surface area (Å²) in [5.74, 6) is 2.56. The molecular weight excluding hydrogens is 240 g/mol. The minimum Gasteiger partial charge on any atom is -0.486 e. The quantitative estimate of drug-likeness (QED) is 0.917. The van der Waals surface area contributed by atoms with E-state index >= 15 is 0 Å². The third kappa shape index (κ3) is 2.62. The maximum absolute atomic E-state index is 5.57. The Morgan fingerprint density at radius 1 is 1.16 bits per heavy atom. The molecule has 0 bridgehead atoms. The predicted octanol–water partition coefficient (Wildman–Crippen LogP) is 2.77. The molecule has 0 aliphatic carbocycles. The first-order valence-corrected chi connectivity index (χ1v) is 6.37. The van der Waals surface area contributed by atoms with E-state index in [1.165, 1.54) is 0 Å². The minimum atomic E-state index is 0.614. The van der Waals surface area contributed by atoms with Gasteiger partial charge in [0.05, 0.1) is 0 Å². The fourth-order valence-corrected chi connectivity index (χ4v) is 2.05. The minimum absolute atomic E-state index is 0.614. The highest BCUT2D eigenvalue weighted by Gasteiger charge is 2.11. The summed E-state index contributed by atoms with van der Waals surface area (Å²) in [5.41, 5.74) is 2.29. The Hall–Kier alpha value is -2.23. The average Bonchev–Trinajstić information content (AvgIpc) is 2.46. The van der Waals surface area contributed by atoms with Crippen molar-refractivity contribution >= 4 is 5.82 Å². The van der Waals surface area contributed by atoms with E-state index in [9.17, 15) is 0 Å². The van der Waals surface area contributed by atoms with Crippen LogP contribution < -0.4 is 14.8 Å². The molecule has 0 saturated heterocycles. The molecule has 1 N–H and O–H groups in total. The highest BCUT2D eigenvalue weighted by Crippen LogP contribution is 2.30. The van der Waals surface area contributed by atoms with E-state index in [1.807, 2.05) is 37.3 Å². The summed E-state index contributed by atoms with van der Waals surface area (Å²) in [6.07, 6.45) is 1.79. The van der Waals surface area contributed by atoms with Gasteiger partial charge in [-0.3, -0.25) is 0 Å². The largest absolute Gasteiger partial charge is 0.486 e. The van der Waals surface area contributed by atoms with Gasteiger partial charge in [0.15, 0.2) is 11.5 Å². The molecule has 1 aromatic carbocycles. The number of rotatable bonds is 3. The Labute approximate surface area is 112 Å². The number of hydrogen-bond donors (Lipinski definition) is 1. The standard InChI is InChI=1S/C15H16N2O2/c1-11-3-2-6-16-15(11)17-10-12-4-5-13-14(9-12)19-8-7-18-13/h2-6,9H,7-8,10H2,1H3,(H,16,17). The van der Waals surface area contributed by atoms with Crippen molar-refractivity contribution in [3.8, 4) is 11.5 Å². The summed E-state index contributed by atoms with van der Waals surface area (Å²) in [6.45, 7) is 3.99. The van der Waals surface area contributed by atoms with E-state index in [1.54, 1.807) is 6.20 Å². The zero-order chi connectivity index (χ0) is 13.1. The number of pyridine rings is 1. The monoisotopic (exact) mass is 256 g/mol. The molecule has 0 atom stereocenters. The Balaban J connectivity index is 1.72. The van der Waals surface area contributed by atoms with E-state index in [0.717, 1.165) is 28.4 Å². The zero-order valence-electron chi connectivity index (χ0n) is 10.8. The summed E-state index contributed by atoms with van der Waals surface area (Å²) in [6, 6.07) is 9.99. The molecule has 2 aromatic rings. The van der Waals surface area contributed by atoms with Crippen LogP contribution in [0.1, 0.15) is 11.1 Å². The summed E-state index contributed by atoms with van der Waals surface area (Å²) in [4.78, 5) is 4.31. The molecule has 4 heteroatoms. The Morgan fingerprint density at radius 2 is 2.00 bits per heavy atom. The van der Waals surface area contributed by atoms with Crippen molar-refractivity contribution in [2.24, 2.45) is 0 Å². The maximum atomic E-state index is 5.57. The highest BCUT2D eigenvalue weighted by atomic mass is 16.6. The van der Waals surface area contributed by atoms with Gasteiger partial charge in [-0.2, -0.15) is 0 Å². The topological polar surface area (TPSA) is 43.4 Å². The van der Waals surface area contributed by atoms with Crippen LogP contribution in [0.3, 0.4) is 0 Å². The molecule has 1 aliphatic rings. The molecule has 1 aromatic heterocycles. The maximum Gasteiger partial charge on any atom is 0.161 e. The molecule has 98 valence electrons. The zero-order valence-corrected chi connectivity index (χ0v) is 10.8. The number of aromatic nitrogens is 1. The van der Waals surface area contributed by atoms with Gasteiger partial charge in [-0.25, -0.2) is 4.98 Å². The van der Waals surface area contributed by atoms with Gasteiger partial charge >= 0.3 is 0 Å². The van der Waals surface area contributed by atoms with Crippen molar-refractivity contribution in [2.45, 2.75) is 13.5 Å². The molecule has 0 saturated carbocycles. The van der Waals surface area contributed by atoms with Gasteiger partial charge in [0.2, 0.25) is 0 Å². The lowest BCUT2D eigenvalue weighted by Crippen LogP contribution is -2.15. The third-order valence-electron chi connectivity index (χ3n) is 3.08. The van der Waals surface area contributed by atoms with Gasteiger partial charge in [-0.05, 0) is 36.2 Å². The van der Waals surface area contributed by atoms with Crippen LogP contribution in [0.4, 0.5) is 5.82 Å². The first kappa shape index (κ1) is 11.8. The lowest BCUT2D eigenvalue weighted by Gasteiger charge is -2.19. The van der Waals surface area contributed by atoms with E-state index in [0.29, 0.717) is 19.8 Å². The van der Waals surface area contributed by atoms with Crippen LogP contribution >= 0.6 is 0 Å². The molecule has 3 rings (SSSR count). The normalized spacial score (nSPS) is 13.1. The van der Waals surface area contributed by atoms with Crippen LogP contribution in [0, 0.1) is 6.92 Å². The Kier molecular flexibility index (Phi) is 3.23. The Bertz CT molecular complexity index is 584. The summed E-state index contributed by atoms with van der Waals surface area (Å²) in [7, 11) is 0. The van der Waals surface area contributed by atoms with Crippen LogP contribution in [0.15, 0.2) is 36.5 Å². The van der Waals surface area contributed by atoms with Crippen LogP contribution in [0.2, 0.25) is 0 Å². The molecular formula is C15H16N2O2. The smallest absolute Gasteiger partial charge is 0.161 e. The SMILES string of the molecule is Cc1cccnc1NCc1ccc2c(c1)OCCO2. The van der Waals surface area contributed by atoms with Crippen LogP contribution in [-0.2, 0) is 6.54 Å². The molecule has 0 amide bonds. The average molecular weight is 256 g/mol. The van der Waals surface area contributed by atoms with Crippen molar-refractivity contribution in [3.63, 3.8) is 0 Å². The summed E-state index contributed by atoms with van der Waals surface area (Å²) >= 11 is 0. The lowest BCUT2D eigenvalue weighted by molar-refractivity contribution is 0.171. The molecule has 4 nitrogen and oxygen atoms in total. The van der Waals surface area contributed by atoms with Crippen molar-refractivity contribution in [2.75, 3.05) is 18.5 Å². The fraction of sp³-hybridized carbons (Fsp3) is 0.267. The molecule has 1 aliphatic heterocycles. The number of fused-ring (bicyclic) bond motifs is 1. The lowest BCUT2D eigenvalue weighted by atomic mass is 10.2. The number of aryl methyl sites for hydroxylation is 1. The number of benzene rings is 1. The van der Waals surface area contributed by atoms with E-state index < -0.39 is 0 Å². The number of nitrogens with one attached hydrogen (secondary N) is 1. The second-order valence-electron chi connectivity index (χ2n) is 4.50. The molecule has 0 radical (unpaired) electrons. The first-order valence-electron chi connectivity index (χ1n) is 6.37. The van der Waals surface area contributed by atoms with Gasteiger partial charge < -0.3 is 14.8 Å². The van der Waals surface area contributed by atoms with Gasteiger partial charge in [0, 0.05) is 12.7 Å². The van der Waals surface area contributed by atoms with Crippen molar-refractivity contribution in [1.29, 1.82) is 0 Å². The van der Waals surface area contributed by atoms with E-state index in [2.05, 4.69) is 10.3 Å². The molecule has 0 spiro atoms. The van der Waals surface area contributed by atoms with Crippen molar-refractivity contribution in [3.05, 3.63) is 47.7 Å². The number of hydrogen-bond acceptors (Lipinski definition) is 4. The summed E-state index contributed by atoms with van der Waals surface area (Å²) < 4.78 is 11.1. The van der Waals surface area contributed by atoms with Crippen LogP contribution in [-0.4, -0.2) is 18.2 Å². The molecule has 0 unspecified atom stereocenters. The van der Waals surface area contributed by atoms with Gasteiger partial charge in [-0.1, -0.05) is 12.1 Å². The number of nitrogens with zero attached hydrogens (tertiary/aromatic N) is 1. The molecule has 2 heterocycles. The van der Waals surface area contributed by atoms with E-state index in [4.69, 9.17) is 9.47 Å². The number of anilines is 1. The summed E-state index contributed by atoms with van der Waals surface area (Å²) in [5, 5.41) is 3.33. The van der Waals surface area contributed by atoms with Gasteiger partial charge in [0.1, 0.15) is 19.0 Å². The molecule has 0 fully saturated rings. The first-order chi connectivity index (χ1) is 9.33. The third-order valence-corrected chi connectivity index (χ3v) is 3.08. The van der Waals surface area contributed by atoms with E-state index in [-0.39, 0.29) is 0 Å².